The number of halogens is 10. The van der Waals surface area contributed by atoms with Gasteiger partial charge in [-0.3, -0.25) is 0 Å². The zero-order chi connectivity index (χ0) is 31.5. The number of hydrogen-bond donors (Lipinski definition) is 0. The van der Waals surface area contributed by atoms with Crippen LogP contribution in [-0.4, -0.2) is 6.86 Å². The minimum Gasteiger partial charge on any atom is -0.457 e. The van der Waals surface area contributed by atoms with E-state index in [1.165, 1.54) is 6.07 Å². The Kier molecular flexibility index (Phi) is 9.12. The van der Waals surface area contributed by atoms with E-state index in [4.69, 9.17) is 0 Å². The molecule has 0 radical (unpaired) electrons. The first kappa shape index (κ1) is 31.5. The summed E-state index contributed by atoms with van der Waals surface area (Å²) in [5.74, 6) is -12.9. The van der Waals surface area contributed by atoms with Gasteiger partial charge in [-0.25, -0.2) is 26.3 Å². The summed E-state index contributed by atoms with van der Waals surface area (Å²) in [5.41, 5.74) is -1.60. The summed E-state index contributed by atoms with van der Waals surface area (Å²) in [4.78, 5) is 0. The summed E-state index contributed by atoms with van der Waals surface area (Å²) in [6.45, 7) is 0.340. The molecule has 3 nitrogen and oxygen atoms in total. The molecule has 228 valence electrons. The van der Waals surface area contributed by atoms with Gasteiger partial charge in [0, 0.05) is 24.3 Å². The average Bonchev–Trinajstić information content (AvgIpc) is 2.90. The molecule has 0 amide bonds. The maximum Gasteiger partial charge on any atom is 0.432 e. The van der Waals surface area contributed by atoms with Crippen molar-refractivity contribution in [2.75, 3.05) is 6.86 Å². The van der Waals surface area contributed by atoms with E-state index in [2.05, 4.69) is 14.2 Å². The van der Waals surface area contributed by atoms with Crippen molar-refractivity contribution in [3.05, 3.63) is 113 Å². The van der Waals surface area contributed by atoms with Crippen molar-refractivity contribution in [3.8, 4) is 28.4 Å². The molecule has 0 atom stereocenters. The summed E-state index contributed by atoms with van der Waals surface area (Å²) in [6, 6.07) is 9.87. The van der Waals surface area contributed by atoms with Gasteiger partial charge in [-0.05, 0) is 35.2 Å². The van der Waals surface area contributed by atoms with Crippen molar-refractivity contribution in [3.63, 3.8) is 0 Å². The van der Waals surface area contributed by atoms with E-state index in [-0.39, 0.29) is 29.8 Å². The van der Waals surface area contributed by atoms with Crippen LogP contribution in [0.4, 0.5) is 43.9 Å². The SMILES string of the molecule is CCCc1ccc(-c2ccc(C(F)(F)Oc3cc(F)c(C(F)(F)Oc4cc(F)c(OCF)c(F)c4)c(F)c3)c(F)c2)cc1. The van der Waals surface area contributed by atoms with Gasteiger partial charge in [0.25, 0.3) is 0 Å². The Balaban J connectivity index is 1.56. The zero-order valence-electron chi connectivity index (χ0n) is 22.0. The van der Waals surface area contributed by atoms with Crippen LogP contribution in [0.3, 0.4) is 0 Å². The van der Waals surface area contributed by atoms with Crippen LogP contribution >= 0.6 is 0 Å². The third-order valence-corrected chi connectivity index (χ3v) is 6.08. The van der Waals surface area contributed by atoms with Gasteiger partial charge in [0.2, 0.25) is 6.86 Å². The van der Waals surface area contributed by atoms with Crippen LogP contribution in [0.25, 0.3) is 11.1 Å². The monoisotopic (exact) mass is 618 g/mol. The molecule has 0 aliphatic rings. The average molecular weight is 618 g/mol. The largest absolute Gasteiger partial charge is 0.457 e. The molecular formula is C30H20F10O3. The highest BCUT2D eigenvalue weighted by atomic mass is 19.3. The summed E-state index contributed by atoms with van der Waals surface area (Å²) < 4.78 is 155. The molecule has 0 heterocycles. The number of aryl methyl sites for hydroxylation is 1. The maximum absolute atomic E-state index is 14.8. The highest BCUT2D eigenvalue weighted by Crippen LogP contribution is 2.40. The summed E-state index contributed by atoms with van der Waals surface area (Å²) in [6.07, 6.45) is -7.73. The van der Waals surface area contributed by atoms with E-state index in [9.17, 15) is 43.9 Å². The minimum atomic E-state index is -4.94. The Hall–Kier alpha value is -4.42. The van der Waals surface area contributed by atoms with E-state index in [1.54, 1.807) is 24.3 Å². The van der Waals surface area contributed by atoms with Gasteiger partial charge in [0.15, 0.2) is 17.4 Å². The summed E-state index contributed by atoms with van der Waals surface area (Å²) >= 11 is 0. The van der Waals surface area contributed by atoms with Crippen molar-refractivity contribution >= 4 is 0 Å². The molecule has 0 aliphatic heterocycles. The molecule has 0 saturated heterocycles. The van der Waals surface area contributed by atoms with Crippen LogP contribution in [0.5, 0.6) is 17.2 Å². The normalized spacial score (nSPS) is 11.9. The van der Waals surface area contributed by atoms with E-state index in [0.29, 0.717) is 11.6 Å². The molecule has 0 N–H and O–H groups in total. The maximum atomic E-state index is 14.8. The summed E-state index contributed by atoms with van der Waals surface area (Å²) in [7, 11) is 0. The lowest BCUT2D eigenvalue weighted by molar-refractivity contribution is -0.191. The Morgan fingerprint density at radius 1 is 0.605 bits per heavy atom. The van der Waals surface area contributed by atoms with Crippen molar-refractivity contribution in [1.29, 1.82) is 0 Å². The quantitative estimate of drug-likeness (QED) is 0.157. The number of hydrogen-bond acceptors (Lipinski definition) is 3. The van der Waals surface area contributed by atoms with Crippen LogP contribution < -0.4 is 14.2 Å². The fourth-order valence-electron chi connectivity index (χ4n) is 4.16. The van der Waals surface area contributed by atoms with Gasteiger partial charge in [-0.1, -0.05) is 43.7 Å². The van der Waals surface area contributed by atoms with Gasteiger partial charge < -0.3 is 14.2 Å². The molecule has 0 saturated carbocycles. The van der Waals surface area contributed by atoms with E-state index < -0.39 is 76.5 Å². The van der Waals surface area contributed by atoms with Crippen LogP contribution in [0, 0.1) is 29.1 Å². The van der Waals surface area contributed by atoms with Gasteiger partial charge >= 0.3 is 12.2 Å². The van der Waals surface area contributed by atoms with Crippen molar-refractivity contribution in [2.45, 2.75) is 32.0 Å². The third kappa shape index (κ3) is 6.98. The molecule has 4 aromatic carbocycles. The number of ether oxygens (including phenoxy) is 3. The predicted octanol–water partition coefficient (Wildman–Crippen LogP) is 9.56. The predicted molar refractivity (Wildman–Crippen MR) is 134 cm³/mol. The second-order valence-electron chi connectivity index (χ2n) is 9.11. The molecule has 0 unspecified atom stereocenters. The molecule has 0 aliphatic carbocycles. The Morgan fingerprint density at radius 3 is 1.63 bits per heavy atom. The molecular weight excluding hydrogens is 598 g/mol. The first-order chi connectivity index (χ1) is 20.3. The molecule has 43 heavy (non-hydrogen) atoms. The number of rotatable bonds is 11. The summed E-state index contributed by atoms with van der Waals surface area (Å²) in [5, 5.41) is 0. The lowest BCUT2D eigenvalue weighted by Crippen LogP contribution is -2.26. The van der Waals surface area contributed by atoms with E-state index >= 15 is 0 Å². The first-order valence-electron chi connectivity index (χ1n) is 12.5. The lowest BCUT2D eigenvalue weighted by atomic mass is 10.0. The van der Waals surface area contributed by atoms with Gasteiger partial charge in [-0.15, -0.1) is 0 Å². The molecule has 0 spiro atoms. The van der Waals surface area contributed by atoms with Crippen LogP contribution in [0.2, 0.25) is 0 Å². The van der Waals surface area contributed by atoms with Gasteiger partial charge in [0.1, 0.15) is 34.5 Å². The van der Waals surface area contributed by atoms with Crippen molar-refractivity contribution in [1.82, 2.24) is 0 Å². The van der Waals surface area contributed by atoms with E-state index in [0.717, 1.165) is 24.5 Å². The molecule has 0 bridgehead atoms. The third-order valence-electron chi connectivity index (χ3n) is 6.08. The second-order valence-corrected chi connectivity index (χ2v) is 9.11. The topological polar surface area (TPSA) is 27.7 Å². The van der Waals surface area contributed by atoms with Crippen molar-refractivity contribution < 1.29 is 58.1 Å². The Labute approximate surface area is 238 Å². The Bertz CT molecular complexity index is 1560. The van der Waals surface area contributed by atoms with Crippen LogP contribution in [-0.2, 0) is 18.6 Å². The molecule has 0 aromatic heterocycles. The molecule has 4 rings (SSSR count). The van der Waals surface area contributed by atoms with Crippen LogP contribution in [0.15, 0.2) is 66.7 Å². The molecule has 0 fully saturated rings. The second kappa shape index (κ2) is 12.4. The van der Waals surface area contributed by atoms with Gasteiger partial charge in [-0.2, -0.15) is 17.6 Å². The minimum absolute atomic E-state index is 0.0346. The fourth-order valence-corrected chi connectivity index (χ4v) is 4.16. The molecule has 13 heteroatoms. The van der Waals surface area contributed by atoms with E-state index in [1.807, 2.05) is 6.92 Å². The highest BCUT2D eigenvalue weighted by Gasteiger charge is 2.43. The van der Waals surface area contributed by atoms with Crippen LogP contribution in [0.1, 0.15) is 30.0 Å². The number of benzene rings is 4. The van der Waals surface area contributed by atoms with Gasteiger partial charge in [0.05, 0.1) is 5.56 Å². The first-order valence-corrected chi connectivity index (χ1v) is 12.5. The zero-order valence-corrected chi connectivity index (χ0v) is 22.0. The smallest absolute Gasteiger partial charge is 0.432 e. The Morgan fingerprint density at radius 2 is 1.12 bits per heavy atom. The standard InChI is InChI=1S/C30H20F10O3/c1-2-3-16-4-6-17(7-5-16)18-8-9-21(22(32)10-18)29(37,38)42-19-11-23(33)27(24(34)12-19)30(39,40)43-20-13-25(35)28(41-15-31)26(36)14-20/h4-14H,2-3,15H2,1H3. The highest BCUT2D eigenvalue weighted by molar-refractivity contribution is 5.64. The number of alkyl halides is 5. The molecule has 4 aromatic rings. The van der Waals surface area contributed by atoms with Crippen molar-refractivity contribution in [2.24, 2.45) is 0 Å². The fraction of sp³-hybridized carbons (Fsp3) is 0.200. The lowest BCUT2D eigenvalue weighted by Gasteiger charge is -2.22.